The highest BCUT2D eigenvalue weighted by Crippen LogP contribution is 2.14. The quantitative estimate of drug-likeness (QED) is 0.357. The van der Waals surface area contributed by atoms with Crippen LogP contribution >= 0.6 is 0 Å². The Hall–Kier alpha value is -2.37. The lowest BCUT2D eigenvalue weighted by Gasteiger charge is -2.34. The topological polar surface area (TPSA) is 75.7 Å². The molecule has 0 saturated carbocycles. The highest BCUT2D eigenvalue weighted by Gasteiger charge is 2.34. The average molecular weight is 431 g/mol. The number of carbonyl (C=O) groups excluding carboxylic acids is 3. The van der Waals surface area contributed by atoms with E-state index in [4.69, 9.17) is 4.74 Å². The lowest BCUT2D eigenvalue weighted by atomic mass is 10.1. The van der Waals surface area contributed by atoms with E-state index in [-0.39, 0.29) is 18.2 Å². The predicted octanol–water partition coefficient (Wildman–Crippen LogP) is 4.02. The largest absolute Gasteiger partial charge is 0.466 e. The van der Waals surface area contributed by atoms with E-state index in [0.29, 0.717) is 32.5 Å². The van der Waals surface area contributed by atoms with Crippen LogP contribution in [-0.4, -0.2) is 48.4 Å². The molecule has 2 amide bonds. The Morgan fingerprint density at radius 3 is 2.42 bits per heavy atom. The minimum atomic E-state index is -0.775. The van der Waals surface area contributed by atoms with Gasteiger partial charge in [-0.05, 0) is 18.4 Å². The molecule has 6 heteroatoms. The Morgan fingerprint density at radius 1 is 1.03 bits per heavy atom. The maximum atomic E-state index is 12.7. The van der Waals surface area contributed by atoms with Gasteiger partial charge in [-0.3, -0.25) is 14.4 Å². The summed E-state index contributed by atoms with van der Waals surface area (Å²) in [5.74, 6) is -0.784. The van der Waals surface area contributed by atoms with Crippen molar-refractivity contribution in [3.05, 3.63) is 35.9 Å². The molecule has 172 valence electrons. The number of hydrogen-bond acceptors (Lipinski definition) is 4. The van der Waals surface area contributed by atoms with Gasteiger partial charge in [0.1, 0.15) is 6.04 Å². The molecule has 6 nitrogen and oxygen atoms in total. The fourth-order valence-corrected chi connectivity index (χ4v) is 3.89. The zero-order valence-electron chi connectivity index (χ0n) is 18.9. The van der Waals surface area contributed by atoms with Crippen LogP contribution in [0, 0.1) is 0 Å². The first-order chi connectivity index (χ1) is 15.1. The molecule has 1 aromatic carbocycles. The molecule has 1 aromatic rings. The van der Waals surface area contributed by atoms with E-state index >= 15 is 0 Å². The molecule has 1 atom stereocenters. The summed E-state index contributed by atoms with van der Waals surface area (Å²) in [6.07, 6.45) is 10.3. The number of benzene rings is 1. The molecule has 0 bridgehead atoms. The summed E-state index contributed by atoms with van der Waals surface area (Å²) in [6.45, 7) is 3.43. The number of amides is 2. The number of piperazine rings is 1. The van der Waals surface area contributed by atoms with E-state index in [1.807, 2.05) is 30.3 Å². The SMILES string of the molecule is CCCCCCCCCCOC(=O)CC1C(=O)NCCN1C(=O)CCc1ccccc1. The van der Waals surface area contributed by atoms with Gasteiger partial charge in [-0.15, -0.1) is 0 Å². The van der Waals surface area contributed by atoms with Crippen LogP contribution in [0.1, 0.15) is 76.7 Å². The summed E-state index contributed by atoms with van der Waals surface area (Å²) >= 11 is 0. The van der Waals surface area contributed by atoms with E-state index in [9.17, 15) is 14.4 Å². The summed E-state index contributed by atoms with van der Waals surface area (Å²) in [6, 6.07) is 9.02. The van der Waals surface area contributed by atoms with Crippen LogP contribution in [-0.2, 0) is 25.5 Å². The second-order valence-electron chi connectivity index (χ2n) is 8.28. The van der Waals surface area contributed by atoms with Gasteiger partial charge in [0.15, 0.2) is 0 Å². The summed E-state index contributed by atoms with van der Waals surface area (Å²) < 4.78 is 5.34. The van der Waals surface area contributed by atoms with Crippen molar-refractivity contribution in [3.8, 4) is 0 Å². The summed E-state index contributed by atoms with van der Waals surface area (Å²) in [5.41, 5.74) is 1.08. The lowest BCUT2D eigenvalue weighted by molar-refractivity contribution is -0.152. The van der Waals surface area contributed by atoms with Crippen molar-refractivity contribution < 1.29 is 19.1 Å². The molecule has 1 unspecified atom stereocenters. The van der Waals surface area contributed by atoms with Gasteiger partial charge in [-0.1, -0.05) is 82.2 Å². The van der Waals surface area contributed by atoms with Crippen LogP contribution in [0.2, 0.25) is 0 Å². The number of carbonyl (C=O) groups is 3. The normalized spacial score (nSPS) is 16.1. The molecular weight excluding hydrogens is 392 g/mol. The van der Waals surface area contributed by atoms with Gasteiger partial charge >= 0.3 is 5.97 Å². The molecule has 1 N–H and O–H groups in total. The maximum absolute atomic E-state index is 12.7. The fraction of sp³-hybridized carbons (Fsp3) is 0.640. The van der Waals surface area contributed by atoms with Crippen LogP contribution in [0.3, 0.4) is 0 Å². The standard InChI is InChI=1S/C25H38N2O4/c1-2-3-4-5-6-7-8-12-19-31-24(29)20-22-25(30)26-17-18-27(22)23(28)16-15-21-13-10-9-11-14-21/h9-11,13-14,22H,2-8,12,15-20H2,1H3,(H,26,30). The van der Waals surface area contributed by atoms with Crippen molar-refractivity contribution in [2.45, 2.75) is 83.6 Å². The number of esters is 1. The third kappa shape index (κ3) is 9.53. The highest BCUT2D eigenvalue weighted by molar-refractivity contribution is 5.92. The molecule has 1 aliphatic rings. The smallest absolute Gasteiger partial charge is 0.308 e. The molecular formula is C25H38N2O4. The maximum Gasteiger partial charge on any atom is 0.308 e. The molecule has 0 aliphatic carbocycles. The van der Waals surface area contributed by atoms with Gasteiger partial charge in [0.25, 0.3) is 0 Å². The Bertz CT molecular complexity index is 677. The number of unbranched alkanes of at least 4 members (excludes halogenated alkanes) is 7. The summed E-state index contributed by atoms with van der Waals surface area (Å²) in [4.78, 5) is 38.9. The van der Waals surface area contributed by atoms with E-state index < -0.39 is 12.0 Å². The second kappa shape index (κ2) is 14.6. The zero-order valence-corrected chi connectivity index (χ0v) is 18.9. The van der Waals surface area contributed by atoms with Crippen molar-refractivity contribution in [1.29, 1.82) is 0 Å². The molecule has 0 radical (unpaired) electrons. The van der Waals surface area contributed by atoms with E-state index in [1.54, 1.807) is 4.90 Å². The zero-order chi connectivity index (χ0) is 22.3. The van der Waals surface area contributed by atoms with Crippen LogP contribution in [0.5, 0.6) is 0 Å². The molecule has 1 heterocycles. The van der Waals surface area contributed by atoms with Crippen molar-refractivity contribution >= 4 is 17.8 Å². The van der Waals surface area contributed by atoms with Gasteiger partial charge in [0.05, 0.1) is 13.0 Å². The van der Waals surface area contributed by atoms with E-state index in [0.717, 1.165) is 24.8 Å². The molecule has 1 aliphatic heterocycles. The molecule has 0 spiro atoms. The number of hydrogen-bond donors (Lipinski definition) is 1. The van der Waals surface area contributed by atoms with Gasteiger partial charge in [-0.2, -0.15) is 0 Å². The number of nitrogens with zero attached hydrogens (tertiary/aromatic N) is 1. The molecule has 2 rings (SSSR count). The summed E-state index contributed by atoms with van der Waals surface area (Å²) in [5, 5.41) is 2.76. The minimum absolute atomic E-state index is 0.0834. The Morgan fingerprint density at radius 2 is 1.71 bits per heavy atom. The lowest BCUT2D eigenvalue weighted by Crippen LogP contribution is -2.57. The Kier molecular flexibility index (Phi) is 11.7. The highest BCUT2D eigenvalue weighted by atomic mass is 16.5. The number of ether oxygens (including phenoxy) is 1. The number of rotatable bonds is 14. The minimum Gasteiger partial charge on any atom is -0.466 e. The molecule has 0 aromatic heterocycles. The fourth-order valence-electron chi connectivity index (χ4n) is 3.89. The molecule has 31 heavy (non-hydrogen) atoms. The van der Waals surface area contributed by atoms with Crippen molar-refractivity contribution in [2.24, 2.45) is 0 Å². The molecule has 1 fully saturated rings. The third-order valence-corrected chi connectivity index (χ3v) is 5.74. The van der Waals surface area contributed by atoms with Crippen molar-refractivity contribution in [1.82, 2.24) is 10.2 Å². The number of nitrogens with one attached hydrogen (secondary N) is 1. The Balaban J connectivity index is 1.69. The van der Waals surface area contributed by atoms with E-state index in [2.05, 4.69) is 12.2 Å². The monoisotopic (exact) mass is 430 g/mol. The Labute approximate surface area is 186 Å². The average Bonchev–Trinajstić information content (AvgIpc) is 2.78. The van der Waals surface area contributed by atoms with Gasteiger partial charge in [0, 0.05) is 19.5 Å². The first kappa shape index (κ1) is 24.9. The van der Waals surface area contributed by atoms with Crippen LogP contribution in [0.15, 0.2) is 30.3 Å². The predicted molar refractivity (Wildman–Crippen MR) is 121 cm³/mol. The first-order valence-electron chi connectivity index (χ1n) is 11.9. The van der Waals surface area contributed by atoms with Crippen molar-refractivity contribution in [2.75, 3.05) is 19.7 Å². The van der Waals surface area contributed by atoms with Gasteiger partial charge in [-0.25, -0.2) is 0 Å². The van der Waals surface area contributed by atoms with Crippen LogP contribution < -0.4 is 5.32 Å². The first-order valence-corrected chi connectivity index (χ1v) is 11.9. The van der Waals surface area contributed by atoms with Gasteiger partial charge < -0.3 is 15.0 Å². The molecule has 1 saturated heterocycles. The second-order valence-corrected chi connectivity index (χ2v) is 8.28. The third-order valence-electron chi connectivity index (χ3n) is 5.74. The van der Waals surface area contributed by atoms with Crippen LogP contribution in [0.25, 0.3) is 0 Å². The van der Waals surface area contributed by atoms with Gasteiger partial charge in [0.2, 0.25) is 11.8 Å². The summed E-state index contributed by atoms with van der Waals surface area (Å²) in [7, 11) is 0. The van der Waals surface area contributed by atoms with Crippen LogP contribution in [0.4, 0.5) is 0 Å². The number of aryl methyl sites for hydroxylation is 1. The van der Waals surface area contributed by atoms with E-state index in [1.165, 1.54) is 32.1 Å². The van der Waals surface area contributed by atoms with Crippen molar-refractivity contribution in [3.63, 3.8) is 0 Å².